The van der Waals surface area contributed by atoms with Crippen molar-refractivity contribution in [2.75, 3.05) is 4.90 Å². The van der Waals surface area contributed by atoms with E-state index in [4.69, 9.17) is 4.74 Å². The summed E-state index contributed by atoms with van der Waals surface area (Å²) in [6.45, 7) is 4.75. The van der Waals surface area contributed by atoms with Crippen molar-refractivity contribution in [1.29, 1.82) is 0 Å². The summed E-state index contributed by atoms with van der Waals surface area (Å²) in [7, 11) is 0. The highest BCUT2D eigenvalue weighted by Crippen LogP contribution is 2.64. The number of fused-ring (bicyclic) bond motifs is 19. The summed E-state index contributed by atoms with van der Waals surface area (Å²) in [5, 5.41) is 2.39. The van der Waals surface area contributed by atoms with E-state index in [1.165, 1.54) is 83.1 Å². The van der Waals surface area contributed by atoms with Crippen molar-refractivity contribution in [3.63, 3.8) is 0 Å². The number of hydrogen-bond donors (Lipinski definition) is 0. The Morgan fingerprint density at radius 1 is 0.286 bits per heavy atom. The van der Waals surface area contributed by atoms with Crippen molar-refractivity contribution in [3.8, 4) is 78.3 Å². The van der Waals surface area contributed by atoms with Gasteiger partial charge in [0, 0.05) is 33.6 Å². The summed E-state index contributed by atoms with van der Waals surface area (Å²) < 4.78 is 7.08. The maximum absolute atomic E-state index is 7.08. The van der Waals surface area contributed by atoms with E-state index < -0.39 is 5.41 Å². The molecule has 0 aromatic heterocycles. The van der Waals surface area contributed by atoms with E-state index in [0.717, 1.165) is 56.4 Å². The van der Waals surface area contributed by atoms with Gasteiger partial charge in [0.25, 0.3) is 0 Å². The minimum atomic E-state index is -0.478. The first-order valence-electron chi connectivity index (χ1n) is 24.5. The molecule has 0 amide bonds. The van der Waals surface area contributed by atoms with Crippen LogP contribution in [0.5, 0.6) is 11.5 Å². The first kappa shape index (κ1) is 39.3. The molecule has 1 aliphatic heterocycles. The minimum absolute atomic E-state index is 0.180. The van der Waals surface area contributed by atoms with Crippen molar-refractivity contribution in [2.24, 2.45) is 0 Å². The smallest absolute Gasteiger partial charge is 0.135 e. The van der Waals surface area contributed by atoms with Crippen LogP contribution in [-0.4, -0.2) is 0 Å². The summed E-state index contributed by atoms with van der Waals surface area (Å²) in [6.07, 6.45) is 0. The molecule has 11 aromatic carbocycles. The number of hydrogen-bond acceptors (Lipinski definition) is 2. The van der Waals surface area contributed by atoms with Crippen molar-refractivity contribution in [3.05, 3.63) is 270 Å². The molecule has 0 saturated carbocycles. The molecule has 0 radical (unpaired) electrons. The molecular formula is C68H45NO. The maximum atomic E-state index is 7.08. The van der Waals surface area contributed by atoms with Crippen LogP contribution >= 0.6 is 0 Å². The molecule has 70 heavy (non-hydrogen) atoms. The molecule has 1 heterocycles. The summed E-state index contributed by atoms with van der Waals surface area (Å²) >= 11 is 0. The molecule has 0 unspecified atom stereocenters. The van der Waals surface area contributed by atoms with Crippen LogP contribution in [0.1, 0.15) is 47.2 Å². The summed E-state index contributed by atoms with van der Waals surface area (Å²) in [6, 6.07) is 88.1. The van der Waals surface area contributed by atoms with E-state index in [2.05, 4.69) is 255 Å². The summed E-state index contributed by atoms with van der Waals surface area (Å²) in [4.78, 5) is 2.50. The normalized spacial score (nSPS) is 14.2. The molecular weight excluding hydrogens is 847 g/mol. The molecule has 2 nitrogen and oxygen atoms in total. The highest BCUT2D eigenvalue weighted by Gasteiger charge is 2.51. The van der Waals surface area contributed by atoms with Crippen molar-refractivity contribution < 1.29 is 4.74 Å². The lowest BCUT2D eigenvalue weighted by molar-refractivity contribution is 0.488. The monoisotopic (exact) mass is 891 g/mol. The average molecular weight is 892 g/mol. The lowest BCUT2D eigenvalue weighted by atomic mass is 9.70. The van der Waals surface area contributed by atoms with Gasteiger partial charge in [0.15, 0.2) is 0 Å². The van der Waals surface area contributed by atoms with Crippen LogP contribution in [0.4, 0.5) is 17.1 Å². The van der Waals surface area contributed by atoms with Crippen LogP contribution in [0.2, 0.25) is 0 Å². The van der Waals surface area contributed by atoms with E-state index in [1.807, 2.05) is 0 Å². The van der Waals surface area contributed by atoms with Gasteiger partial charge in [0.1, 0.15) is 11.5 Å². The average Bonchev–Trinajstić information content (AvgIpc) is 3.93. The van der Waals surface area contributed by atoms with Crippen LogP contribution in [0, 0.1) is 0 Å². The molecule has 0 bridgehead atoms. The van der Waals surface area contributed by atoms with Crippen LogP contribution in [0.15, 0.2) is 237 Å². The van der Waals surface area contributed by atoms with Gasteiger partial charge in [-0.2, -0.15) is 0 Å². The lowest BCUT2D eigenvalue weighted by Gasteiger charge is -2.32. The molecule has 0 saturated heterocycles. The lowest BCUT2D eigenvalue weighted by Crippen LogP contribution is -2.26. The van der Waals surface area contributed by atoms with E-state index in [-0.39, 0.29) is 5.41 Å². The first-order valence-corrected chi connectivity index (χ1v) is 24.5. The zero-order valence-electron chi connectivity index (χ0n) is 38.9. The van der Waals surface area contributed by atoms with E-state index in [1.54, 1.807) is 0 Å². The number of nitrogens with zero attached hydrogens (tertiary/aromatic N) is 1. The molecule has 2 heteroatoms. The number of benzene rings is 11. The fraction of sp³-hybridized carbons (Fsp3) is 0.0588. The Kier molecular flexibility index (Phi) is 8.08. The van der Waals surface area contributed by atoms with Gasteiger partial charge in [0.2, 0.25) is 0 Å². The third-order valence-corrected chi connectivity index (χ3v) is 16.1. The van der Waals surface area contributed by atoms with Crippen molar-refractivity contribution >= 4 is 27.8 Å². The first-order chi connectivity index (χ1) is 34.4. The fourth-order valence-electron chi connectivity index (χ4n) is 12.9. The molecule has 11 aromatic rings. The number of ether oxygens (including phenoxy) is 1. The van der Waals surface area contributed by atoms with Crippen molar-refractivity contribution in [2.45, 2.75) is 24.7 Å². The number of rotatable bonds is 4. The van der Waals surface area contributed by atoms with Gasteiger partial charge in [-0.05, 0) is 167 Å². The Balaban J connectivity index is 0.980. The predicted molar refractivity (Wildman–Crippen MR) is 289 cm³/mol. The Morgan fingerprint density at radius 2 is 0.714 bits per heavy atom. The zero-order valence-corrected chi connectivity index (χ0v) is 38.9. The molecule has 0 N–H and O–H groups in total. The molecule has 0 fully saturated rings. The third kappa shape index (κ3) is 5.33. The van der Waals surface area contributed by atoms with Crippen LogP contribution < -0.4 is 9.64 Å². The predicted octanol–water partition coefficient (Wildman–Crippen LogP) is 18.1. The Bertz CT molecular complexity index is 3960. The molecule has 0 atom stereocenters. The highest BCUT2D eigenvalue weighted by atomic mass is 16.5. The molecule has 4 aliphatic rings. The second-order valence-electron chi connectivity index (χ2n) is 20.0. The van der Waals surface area contributed by atoms with Gasteiger partial charge in [-0.15, -0.1) is 0 Å². The van der Waals surface area contributed by atoms with Gasteiger partial charge >= 0.3 is 0 Å². The zero-order chi connectivity index (χ0) is 46.3. The largest absolute Gasteiger partial charge is 0.456 e. The van der Waals surface area contributed by atoms with Crippen LogP contribution in [-0.2, 0) is 10.8 Å². The Hall–Kier alpha value is -8.72. The molecule has 328 valence electrons. The summed E-state index contributed by atoms with van der Waals surface area (Å²) in [5.41, 5.74) is 25.2. The van der Waals surface area contributed by atoms with Gasteiger partial charge in [-0.1, -0.05) is 184 Å². The van der Waals surface area contributed by atoms with E-state index in [9.17, 15) is 0 Å². The highest BCUT2D eigenvalue weighted by molar-refractivity contribution is 6.02. The SMILES string of the molecule is CC1(C)c2ccccc2-c2ccc(N(c3ccc4c(c3)-c3cc5ccccc5cc3-c3cc(-c5ccccc5)ccc3O4)c3ccc4c(c3)C3(c5ccccc5-c5ccccc53)c3ccccc3-4)cc21. The van der Waals surface area contributed by atoms with Gasteiger partial charge < -0.3 is 9.64 Å². The standard InChI is InChI=1S/C68H45NO/c1-67(2)59-24-12-8-20-49(59)53-32-29-47(40-63(53)67)69(48-30-33-54-52-23-11-15-27-62(52)68(64(54)41-48)60-25-13-9-21-50(60)51-22-10-14-26-61(51)68)46-31-35-66-58(39-46)56-37-44-19-7-6-18-43(44)36-55(56)57-38-45(28-34-65(57)70-66)42-16-4-3-5-17-42/h3-41H,1-2H3. The summed E-state index contributed by atoms with van der Waals surface area (Å²) in [5.74, 6) is 1.68. The van der Waals surface area contributed by atoms with Gasteiger partial charge in [-0.3, -0.25) is 0 Å². The Labute approximate surface area is 408 Å². The van der Waals surface area contributed by atoms with E-state index >= 15 is 0 Å². The topological polar surface area (TPSA) is 12.5 Å². The van der Waals surface area contributed by atoms with Crippen LogP contribution in [0.25, 0.3) is 77.5 Å². The molecule has 15 rings (SSSR count). The van der Waals surface area contributed by atoms with Crippen LogP contribution in [0.3, 0.4) is 0 Å². The van der Waals surface area contributed by atoms with Gasteiger partial charge in [-0.25, -0.2) is 0 Å². The molecule has 3 aliphatic carbocycles. The number of anilines is 3. The fourth-order valence-corrected chi connectivity index (χ4v) is 12.9. The van der Waals surface area contributed by atoms with E-state index in [0.29, 0.717) is 0 Å². The Morgan fingerprint density at radius 3 is 1.31 bits per heavy atom. The minimum Gasteiger partial charge on any atom is -0.456 e. The maximum Gasteiger partial charge on any atom is 0.135 e. The second-order valence-corrected chi connectivity index (χ2v) is 20.0. The van der Waals surface area contributed by atoms with Gasteiger partial charge in [0.05, 0.1) is 5.41 Å². The van der Waals surface area contributed by atoms with Crippen molar-refractivity contribution in [1.82, 2.24) is 0 Å². The third-order valence-electron chi connectivity index (χ3n) is 16.1. The quantitative estimate of drug-likeness (QED) is 0.175. The second kappa shape index (κ2) is 14.4. The molecule has 1 spiro atoms.